The zero-order chi connectivity index (χ0) is 19.6. The highest BCUT2D eigenvalue weighted by atomic mass is 35.5. The number of amides is 1. The van der Waals surface area contributed by atoms with Crippen LogP contribution in [0.25, 0.3) is 0 Å². The molecule has 2 aromatic rings. The van der Waals surface area contributed by atoms with Crippen molar-refractivity contribution in [1.82, 2.24) is 14.1 Å². The number of anilines is 1. The van der Waals surface area contributed by atoms with Crippen LogP contribution in [-0.2, 0) is 21.4 Å². The van der Waals surface area contributed by atoms with E-state index in [0.29, 0.717) is 48.2 Å². The van der Waals surface area contributed by atoms with Crippen molar-refractivity contribution < 1.29 is 13.2 Å². The Labute approximate surface area is 168 Å². The monoisotopic (exact) mass is 430 g/mol. The van der Waals surface area contributed by atoms with Crippen molar-refractivity contribution in [2.45, 2.75) is 19.4 Å². The number of halogens is 2. The van der Waals surface area contributed by atoms with E-state index in [1.165, 1.54) is 10.6 Å². The van der Waals surface area contributed by atoms with Crippen molar-refractivity contribution in [1.29, 1.82) is 0 Å². The average molecular weight is 431 g/mol. The highest BCUT2D eigenvalue weighted by molar-refractivity contribution is 7.88. The molecule has 7 nitrogen and oxygen atoms in total. The number of hydrogen-bond acceptors (Lipinski definition) is 4. The van der Waals surface area contributed by atoms with Gasteiger partial charge in [-0.25, -0.2) is 12.7 Å². The summed E-state index contributed by atoms with van der Waals surface area (Å²) in [4.78, 5) is 12.4. The molecular weight excluding hydrogens is 411 g/mol. The van der Waals surface area contributed by atoms with E-state index in [1.807, 2.05) is 0 Å². The lowest BCUT2D eigenvalue weighted by atomic mass is 9.97. The van der Waals surface area contributed by atoms with Crippen LogP contribution < -0.4 is 5.32 Å². The molecule has 1 aromatic carbocycles. The first-order valence-corrected chi connectivity index (χ1v) is 11.1. The Bertz CT molecular complexity index is 917. The molecule has 0 spiro atoms. The van der Waals surface area contributed by atoms with Crippen LogP contribution in [0.15, 0.2) is 30.6 Å². The number of benzene rings is 1. The molecule has 1 aromatic heterocycles. The minimum Gasteiger partial charge on any atom is -0.323 e. The molecule has 1 aliphatic heterocycles. The highest BCUT2D eigenvalue weighted by Gasteiger charge is 2.29. The number of hydrogen-bond donors (Lipinski definition) is 1. The molecule has 3 rings (SSSR count). The van der Waals surface area contributed by atoms with Crippen molar-refractivity contribution in [3.8, 4) is 0 Å². The zero-order valence-electron chi connectivity index (χ0n) is 14.7. The molecule has 0 saturated carbocycles. The highest BCUT2D eigenvalue weighted by Crippen LogP contribution is 2.25. The van der Waals surface area contributed by atoms with Gasteiger partial charge in [-0.2, -0.15) is 5.10 Å². The summed E-state index contributed by atoms with van der Waals surface area (Å²) < 4.78 is 26.2. The largest absolute Gasteiger partial charge is 0.323 e. The minimum absolute atomic E-state index is 0.126. The number of piperidine rings is 1. The normalized spacial score (nSPS) is 16.4. The van der Waals surface area contributed by atoms with Crippen LogP contribution in [0, 0.1) is 5.92 Å². The molecule has 0 aliphatic carbocycles. The summed E-state index contributed by atoms with van der Waals surface area (Å²) >= 11 is 12.3. The van der Waals surface area contributed by atoms with Gasteiger partial charge in [-0.05, 0) is 25.0 Å². The minimum atomic E-state index is -3.20. The van der Waals surface area contributed by atoms with Crippen molar-refractivity contribution >= 4 is 44.8 Å². The van der Waals surface area contributed by atoms with Crippen molar-refractivity contribution in [3.63, 3.8) is 0 Å². The quantitative estimate of drug-likeness (QED) is 0.789. The lowest BCUT2D eigenvalue weighted by Gasteiger charge is -2.29. The number of aromatic nitrogens is 2. The number of nitrogens with zero attached hydrogens (tertiary/aromatic N) is 3. The topological polar surface area (TPSA) is 84.3 Å². The molecule has 10 heteroatoms. The van der Waals surface area contributed by atoms with Gasteiger partial charge in [0.1, 0.15) is 0 Å². The maximum atomic E-state index is 12.4. The fourth-order valence-corrected chi connectivity index (χ4v) is 4.45. The van der Waals surface area contributed by atoms with Crippen LogP contribution in [-0.4, -0.2) is 47.8 Å². The van der Waals surface area contributed by atoms with E-state index in [1.54, 1.807) is 35.3 Å². The van der Waals surface area contributed by atoms with Gasteiger partial charge in [0, 0.05) is 40.8 Å². The molecule has 0 atom stereocenters. The predicted octanol–water partition coefficient (Wildman–Crippen LogP) is 2.85. The summed E-state index contributed by atoms with van der Waals surface area (Å²) in [6, 6.07) is 5.30. The Morgan fingerprint density at radius 3 is 2.48 bits per heavy atom. The summed E-state index contributed by atoms with van der Waals surface area (Å²) in [5.41, 5.74) is 1.34. The number of carbonyl (C=O) groups excluding carboxylic acids is 1. The molecule has 1 fully saturated rings. The molecule has 1 amide bonds. The summed E-state index contributed by atoms with van der Waals surface area (Å²) in [6.07, 6.45) is 5.47. The van der Waals surface area contributed by atoms with E-state index in [2.05, 4.69) is 10.4 Å². The smallest absolute Gasteiger partial charge is 0.227 e. The van der Waals surface area contributed by atoms with Crippen molar-refractivity contribution in [3.05, 3.63) is 46.2 Å². The van der Waals surface area contributed by atoms with E-state index >= 15 is 0 Å². The fourth-order valence-electron chi connectivity index (χ4n) is 3.05. The molecule has 0 bridgehead atoms. The van der Waals surface area contributed by atoms with Crippen LogP contribution in [0.4, 0.5) is 5.69 Å². The third-order valence-corrected chi connectivity index (χ3v) is 6.59. The van der Waals surface area contributed by atoms with E-state index in [9.17, 15) is 13.2 Å². The number of rotatable bonds is 5. The molecule has 0 radical (unpaired) electrons. The van der Waals surface area contributed by atoms with Gasteiger partial charge in [0.05, 0.1) is 24.7 Å². The molecule has 0 unspecified atom stereocenters. The summed E-state index contributed by atoms with van der Waals surface area (Å²) in [6.45, 7) is 1.11. The van der Waals surface area contributed by atoms with Gasteiger partial charge in [0.15, 0.2) is 0 Å². The van der Waals surface area contributed by atoms with Crippen molar-refractivity contribution in [2.75, 3.05) is 24.7 Å². The zero-order valence-corrected chi connectivity index (χ0v) is 17.1. The number of carbonyl (C=O) groups is 1. The fraction of sp³-hybridized carbons (Fsp3) is 0.412. The third-order valence-electron chi connectivity index (χ3n) is 4.58. The average Bonchev–Trinajstić information content (AvgIpc) is 3.05. The SMILES string of the molecule is CS(=O)(=O)N1CCC(C(=O)Nc2cnn(Cc3c(Cl)cccc3Cl)c2)CC1. The molecule has 1 aliphatic rings. The molecule has 1 N–H and O–H groups in total. The van der Waals surface area contributed by atoms with Crippen LogP contribution in [0.1, 0.15) is 18.4 Å². The van der Waals surface area contributed by atoms with Crippen LogP contribution >= 0.6 is 23.2 Å². The first-order valence-electron chi connectivity index (χ1n) is 8.45. The first kappa shape index (κ1) is 20.1. The van der Waals surface area contributed by atoms with E-state index in [0.717, 1.165) is 5.56 Å². The lowest BCUT2D eigenvalue weighted by molar-refractivity contribution is -0.120. The standard InChI is InChI=1S/C17H20Cl2N4O3S/c1-27(25,26)23-7-5-12(6-8-23)17(24)21-13-9-20-22(10-13)11-14-15(18)3-2-4-16(14)19/h2-4,9-10,12H,5-8,11H2,1H3,(H,21,24). The molecular formula is C17H20Cl2N4O3S. The molecule has 146 valence electrons. The second-order valence-electron chi connectivity index (χ2n) is 6.55. The van der Waals surface area contributed by atoms with Crippen LogP contribution in [0.2, 0.25) is 10.0 Å². The number of nitrogens with one attached hydrogen (secondary N) is 1. The molecule has 1 saturated heterocycles. The Kier molecular flexibility index (Phi) is 6.10. The molecule has 27 heavy (non-hydrogen) atoms. The lowest BCUT2D eigenvalue weighted by Crippen LogP contribution is -2.40. The maximum Gasteiger partial charge on any atom is 0.227 e. The van der Waals surface area contributed by atoms with Gasteiger partial charge >= 0.3 is 0 Å². The summed E-state index contributed by atoms with van der Waals surface area (Å²) in [7, 11) is -3.20. The Morgan fingerprint density at radius 2 is 1.89 bits per heavy atom. The van der Waals surface area contributed by atoms with Gasteiger partial charge in [-0.3, -0.25) is 9.48 Å². The maximum absolute atomic E-state index is 12.4. The number of sulfonamides is 1. The van der Waals surface area contributed by atoms with Gasteiger partial charge in [-0.15, -0.1) is 0 Å². The third kappa shape index (κ3) is 5.01. The van der Waals surface area contributed by atoms with Crippen molar-refractivity contribution in [2.24, 2.45) is 5.92 Å². The Balaban J connectivity index is 1.59. The summed E-state index contributed by atoms with van der Waals surface area (Å²) in [5, 5.41) is 8.19. The second kappa shape index (κ2) is 8.18. The van der Waals surface area contributed by atoms with Gasteiger partial charge < -0.3 is 5.32 Å². The van der Waals surface area contributed by atoms with E-state index < -0.39 is 10.0 Å². The van der Waals surface area contributed by atoms with Gasteiger partial charge in [0.2, 0.25) is 15.9 Å². The Morgan fingerprint density at radius 1 is 1.26 bits per heavy atom. The molecule has 2 heterocycles. The van der Waals surface area contributed by atoms with Crippen LogP contribution in [0.3, 0.4) is 0 Å². The predicted molar refractivity (Wildman–Crippen MR) is 106 cm³/mol. The summed E-state index contributed by atoms with van der Waals surface area (Å²) in [5.74, 6) is -0.345. The van der Waals surface area contributed by atoms with Crippen LogP contribution in [0.5, 0.6) is 0 Å². The second-order valence-corrected chi connectivity index (χ2v) is 9.35. The Hall–Kier alpha value is -1.61. The van der Waals surface area contributed by atoms with Gasteiger partial charge in [0.25, 0.3) is 0 Å². The first-order chi connectivity index (χ1) is 12.7. The van der Waals surface area contributed by atoms with E-state index in [4.69, 9.17) is 23.2 Å². The van der Waals surface area contributed by atoms with Gasteiger partial charge in [-0.1, -0.05) is 29.3 Å². The van der Waals surface area contributed by atoms with E-state index in [-0.39, 0.29) is 11.8 Å².